The van der Waals surface area contributed by atoms with Gasteiger partial charge in [0.25, 0.3) is 0 Å². The van der Waals surface area contributed by atoms with Crippen molar-refractivity contribution in [1.82, 2.24) is 0 Å². The first-order chi connectivity index (χ1) is 7.56. The van der Waals surface area contributed by atoms with Gasteiger partial charge in [0.15, 0.2) is 5.60 Å². The van der Waals surface area contributed by atoms with Gasteiger partial charge in [0, 0.05) is 6.42 Å². The second kappa shape index (κ2) is 5.17. The van der Waals surface area contributed by atoms with Crippen LogP contribution in [0.25, 0.3) is 0 Å². The lowest BCUT2D eigenvalue weighted by Gasteiger charge is -2.20. The van der Waals surface area contributed by atoms with Crippen LogP contribution in [0.2, 0.25) is 0 Å². The summed E-state index contributed by atoms with van der Waals surface area (Å²) >= 11 is 0. The van der Waals surface area contributed by atoms with E-state index >= 15 is 0 Å². The highest BCUT2D eigenvalue weighted by Gasteiger charge is 2.27. The Bertz CT molecular complexity index is 397. The molecular weight excluding hydrogens is 204 g/mol. The van der Waals surface area contributed by atoms with E-state index in [4.69, 9.17) is 15.7 Å². The van der Waals surface area contributed by atoms with Crippen molar-refractivity contribution in [3.05, 3.63) is 35.9 Å². The molecule has 1 rings (SSSR count). The SMILES string of the molecule is CC(C#N)(CCc1ccccc1)OC(N)=O. The summed E-state index contributed by atoms with van der Waals surface area (Å²) in [5.74, 6) is 0. The fourth-order valence-electron chi connectivity index (χ4n) is 1.38. The quantitative estimate of drug-likeness (QED) is 0.839. The fraction of sp³-hybridized carbons (Fsp3) is 0.333. The standard InChI is InChI=1S/C12H14N2O2/c1-12(9-13,16-11(14)15)8-7-10-5-3-2-4-6-10/h2-6H,7-8H2,1H3,(H2,14,15). The lowest BCUT2D eigenvalue weighted by Crippen LogP contribution is -2.33. The summed E-state index contributed by atoms with van der Waals surface area (Å²) in [4.78, 5) is 10.6. The van der Waals surface area contributed by atoms with Gasteiger partial charge in [-0.15, -0.1) is 0 Å². The summed E-state index contributed by atoms with van der Waals surface area (Å²) in [6.07, 6.45) is 0.173. The Balaban J connectivity index is 2.59. The van der Waals surface area contributed by atoms with E-state index in [9.17, 15) is 4.79 Å². The van der Waals surface area contributed by atoms with E-state index in [0.29, 0.717) is 12.8 Å². The average Bonchev–Trinajstić information content (AvgIpc) is 2.27. The van der Waals surface area contributed by atoms with Crippen LogP contribution in [-0.4, -0.2) is 11.7 Å². The first-order valence-corrected chi connectivity index (χ1v) is 4.99. The number of aryl methyl sites for hydroxylation is 1. The number of hydrogen-bond acceptors (Lipinski definition) is 3. The van der Waals surface area contributed by atoms with Gasteiger partial charge in [-0.25, -0.2) is 4.79 Å². The second-order valence-electron chi connectivity index (χ2n) is 3.75. The molecule has 1 amide bonds. The van der Waals surface area contributed by atoms with Crippen LogP contribution in [0.15, 0.2) is 30.3 Å². The van der Waals surface area contributed by atoms with Crippen LogP contribution in [0.1, 0.15) is 18.9 Å². The van der Waals surface area contributed by atoms with Gasteiger partial charge in [-0.3, -0.25) is 0 Å². The molecule has 0 heterocycles. The molecule has 0 saturated carbocycles. The van der Waals surface area contributed by atoms with E-state index in [-0.39, 0.29) is 0 Å². The van der Waals surface area contributed by atoms with Gasteiger partial charge in [-0.05, 0) is 18.9 Å². The normalized spacial score (nSPS) is 13.5. The predicted octanol–water partition coefficient (Wildman–Crippen LogP) is 2.00. The van der Waals surface area contributed by atoms with E-state index in [2.05, 4.69) is 0 Å². The molecule has 0 aliphatic rings. The van der Waals surface area contributed by atoms with Crippen LogP contribution in [0.5, 0.6) is 0 Å². The van der Waals surface area contributed by atoms with Crippen molar-refractivity contribution in [3.8, 4) is 6.07 Å². The summed E-state index contributed by atoms with van der Waals surface area (Å²) in [5.41, 5.74) is 4.85. The minimum absolute atomic E-state index is 0.427. The average molecular weight is 218 g/mol. The molecule has 2 N–H and O–H groups in total. The zero-order chi connectivity index (χ0) is 12.0. The van der Waals surface area contributed by atoms with Gasteiger partial charge >= 0.3 is 6.09 Å². The molecule has 0 bridgehead atoms. The largest absolute Gasteiger partial charge is 0.428 e. The highest BCUT2D eigenvalue weighted by molar-refractivity contribution is 5.65. The van der Waals surface area contributed by atoms with Crippen molar-refractivity contribution < 1.29 is 9.53 Å². The molecule has 0 fully saturated rings. The first kappa shape index (κ1) is 12.1. The summed E-state index contributed by atoms with van der Waals surface area (Å²) in [5, 5.41) is 8.93. The summed E-state index contributed by atoms with van der Waals surface area (Å²) in [7, 11) is 0. The Labute approximate surface area is 94.6 Å². The van der Waals surface area contributed by atoms with Gasteiger partial charge in [0.1, 0.15) is 6.07 Å². The molecular formula is C12H14N2O2. The Morgan fingerprint density at radius 3 is 2.62 bits per heavy atom. The maximum Gasteiger partial charge on any atom is 0.406 e. The summed E-state index contributed by atoms with van der Waals surface area (Å²) < 4.78 is 4.79. The van der Waals surface area contributed by atoms with E-state index in [1.54, 1.807) is 6.92 Å². The van der Waals surface area contributed by atoms with Crippen molar-refractivity contribution >= 4 is 6.09 Å². The van der Waals surface area contributed by atoms with Gasteiger partial charge in [0.2, 0.25) is 0 Å². The van der Waals surface area contributed by atoms with Gasteiger partial charge < -0.3 is 10.5 Å². The van der Waals surface area contributed by atoms with Crippen molar-refractivity contribution in [1.29, 1.82) is 5.26 Å². The molecule has 0 spiro atoms. The Morgan fingerprint density at radius 1 is 1.50 bits per heavy atom. The van der Waals surface area contributed by atoms with Crippen LogP contribution in [0.4, 0.5) is 4.79 Å². The molecule has 1 unspecified atom stereocenters. The molecule has 1 aromatic rings. The topological polar surface area (TPSA) is 76.1 Å². The number of nitriles is 1. The highest BCUT2D eigenvalue weighted by atomic mass is 16.6. The molecule has 0 aromatic heterocycles. The number of rotatable bonds is 4. The summed E-state index contributed by atoms with van der Waals surface area (Å²) in [6, 6.07) is 11.7. The van der Waals surface area contributed by atoms with Crippen LogP contribution in [0.3, 0.4) is 0 Å². The Hall–Kier alpha value is -2.02. The third-order valence-electron chi connectivity index (χ3n) is 2.30. The number of amides is 1. The molecule has 0 radical (unpaired) electrons. The third kappa shape index (κ3) is 3.62. The number of nitrogens with two attached hydrogens (primary N) is 1. The minimum atomic E-state index is -1.15. The predicted molar refractivity (Wildman–Crippen MR) is 59.4 cm³/mol. The minimum Gasteiger partial charge on any atom is -0.428 e. The molecule has 1 aromatic carbocycles. The lowest BCUT2D eigenvalue weighted by molar-refractivity contribution is 0.0664. The molecule has 84 valence electrons. The zero-order valence-electron chi connectivity index (χ0n) is 9.14. The molecule has 4 nitrogen and oxygen atoms in total. The lowest BCUT2D eigenvalue weighted by atomic mass is 9.98. The van der Waals surface area contributed by atoms with E-state index in [0.717, 1.165) is 5.56 Å². The molecule has 0 saturated heterocycles. The van der Waals surface area contributed by atoms with Gasteiger partial charge in [0.05, 0.1) is 0 Å². The monoisotopic (exact) mass is 218 g/mol. The maximum atomic E-state index is 10.6. The number of carbonyl (C=O) groups is 1. The molecule has 4 heteroatoms. The number of primary amides is 1. The zero-order valence-corrected chi connectivity index (χ0v) is 9.14. The van der Waals surface area contributed by atoms with Crippen molar-refractivity contribution in [3.63, 3.8) is 0 Å². The number of ether oxygens (including phenoxy) is 1. The first-order valence-electron chi connectivity index (χ1n) is 4.99. The van der Waals surface area contributed by atoms with Gasteiger partial charge in [-0.2, -0.15) is 5.26 Å². The maximum absolute atomic E-state index is 10.6. The van der Waals surface area contributed by atoms with E-state index in [1.165, 1.54) is 0 Å². The Morgan fingerprint density at radius 2 is 2.12 bits per heavy atom. The fourth-order valence-corrected chi connectivity index (χ4v) is 1.38. The smallest absolute Gasteiger partial charge is 0.406 e. The van der Waals surface area contributed by atoms with E-state index < -0.39 is 11.7 Å². The number of benzene rings is 1. The number of hydrogen-bond donors (Lipinski definition) is 1. The van der Waals surface area contributed by atoms with E-state index in [1.807, 2.05) is 36.4 Å². The van der Waals surface area contributed by atoms with Crippen molar-refractivity contribution in [2.24, 2.45) is 5.73 Å². The molecule has 16 heavy (non-hydrogen) atoms. The highest BCUT2D eigenvalue weighted by Crippen LogP contribution is 2.17. The molecule has 0 aliphatic carbocycles. The van der Waals surface area contributed by atoms with Gasteiger partial charge in [-0.1, -0.05) is 30.3 Å². The van der Waals surface area contributed by atoms with Crippen LogP contribution in [-0.2, 0) is 11.2 Å². The van der Waals surface area contributed by atoms with Crippen molar-refractivity contribution in [2.45, 2.75) is 25.4 Å². The Kier molecular flexibility index (Phi) is 3.90. The van der Waals surface area contributed by atoms with Crippen LogP contribution in [0, 0.1) is 11.3 Å². The summed E-state index contributed by atoms with van der Waals surface area (Å²) in [6.45, 7) is 1.56. The third-order valence-corrected chi connectivity index (χ3v) is 2.30. The van der Waals surface area contributed by atoms with Crippen LogP contribution >= 0.6 is 0 Å². The molecule has 0 aliphatic heterocycles. The number of nitrogens with zero attached hydrogens (tertiary/aromatic N) is 1. The molecule has 1 atom stereocenters. The second-order valence-corrected chi connectivity index (χ2v) is 3.75. The van der Waals surface area contributed by atoms with Crippen LogP contribution < -0.4 is 5.73 Å². The number of carbonyl (C=O) groups excluding carboxylic acids is 1. The van der Waals surface area contributed by atoms with Crippen molar-refractivity contribution in [2.75, 3.05) is 0 Å².